The summed E-state index contributed by atoms with van der Waals surface area (Å²) < 4.78 is 0. The Bertz CT molecular complexity index is 719. The molecule has 0 fully saturated rings. The molecule has 20 heavy (non-hydrogen) atoms. The molecule has 0 aliphatic carbocycles. The van der Waals surface area contributed by atoms with Crippen LogP contribution in [-0.4, -0.2) is 9.85 Å². The van der Waals surface area contributed by atoms with Gasteiger partial charge in [-0.15, -0.1) is 0 Å². The summed E-state index contributed by atoms with van der Waals surface area (Å²) in [6.07, 6.45) is 0. The van der Waals surface area contributed by atoms with Crippen LogP contribution in [0.2, 0.25) is 10.0 Å². The Balaban J connectivity index is 2.62. The predicted molar refractivity (Wildman–Crippen MR) is 75.2 cm³/mol. The number of non-ortho nitro benzene ring substituents is 1. The van der Waals surface area contributed by atoms with Gasteiger partial charge in [0.25, 0.3) is 11.4 Å². The second-order valence-electron chi connectivity index (χ2n) is 3.84. The normalized spacial score (nSPS) is 10.3. The molecule has 0 atom stereocenters. The van der Waals surface area contributed by atoms with Gasteiger partial charge >= 0.3 is 0 Å². The van der Waals surface area contributed by atoms with Gasteiger partial charge in [-0.05, 0) is 17.7 Å². The van der Waals surface area contributed by atoms with Gasteiger partial charge in [-0.2, -0.15) is 0 Å². The fourth-order valence-electron chi connectivity index (χ4n) is 1.67. The molecule has 0 spiro atoms. The van der Waals surface area contributed by atoms with Crippen LogP contribution >= 0.6 is 23.2 Å². The Labute approximate surface area is 122 Å². The number of rotatable bonds is 3. The van der Waals surface area contributed by atoms with Gasteiger partial charge in [0.2, 0.25) is 0 Å². The maximum atomic E-state index is 10.8. The highest BCUT2D eigenvalue weighted by Gasteiger charge is 2.17. The number of hydrogen-bond acceptors (Lipinski definition) is 4. The van der Waals surface area contributed by atoms with Crippen molar-refractivity contribution in [1.29, 1.82) is 0 Å². The smallest absolute Gasteiger partial charge is 0.258 e. The van der Waals surface area contributed by atoms with E-state index in [0.29, 0.717) is 11.1 Å². The van der Waals surface area contributed by atoms with E-state index >= 15 is 0 Å². The van der Waals surface area contributed by atoms with Crippen LogP contribution in [0.25, 0.3) is 11.1 Å². The molecule has 102 valence electrons. The summed E-state index contributed by atoms with van der Waals surface area (Å²) >= 11 is 11.7. The molecular formula is C12H6Cl2N2O4. The number of nitro benzene ring substituents is 2. The SMILES string of the molecule is O=[N+]([O-])c1ccc(Cl)c(-c2ccc(Cl)c([N+](=O)[O-])c2)c1. The quantitative estimate of drug-likeness (QED) is 0.617. The van der Waals surface area contributed by atoms with E-state index in [1.165, 1.54) is 36.4 Å². The van der Waals surface area contributed by atoms with Crippen LogP contribution in [0.5, 0.6) is 0 Å². The zero-order valence-corrected chi connectivity index (χ0v) is 11.3. The largest absolute Gasteiger partial charge is 0.288 e. The third kappa shape index (κ3) is 2.71. The lowest BCUT2D eigenvalue weighted by Gasteiger charge is -2.05. The second kappa shape index (κ2) is 5.44. The fourth-order valence-corrected chi connectivity index (χ4v) is 2.08. The zero-order valence-electron chi connectivity index (χ0n) is 9.75. The number of nitro groups is 2. The van der Waals surface area contributed by atoms with E-state index < -0.39 is 9.85 Å². The van der Waals surface area contributed by atoms with Crippen molar-refractivity contribution in [3.8, 4) is 11.1 Å². The highest BCUT2D eigenvalue weighted by Crippen LogP contribution is 2.35. The van der Waals surface area contributed by atoms with Crippen LogP contribution < -0.4 is 0 Å². The van der Waals surface area contributed by atoms with E-state index in [-0.39, 0.29) is 21.4 Å². The van der Waals surface area contributed by atoms with E-state index in [9.17, 15) is 20.2 Å². The maximum absolute atomic E-state index is 10.8. The summed E-state index contributed by atoms with van der Waals surface area (Å²) in [5.41, 5.74) is 0.282. The molecule has 0 unspecified atom stereocenters. The third-order valence-electron chi connectivity index (χ3n) is 2.61. The van der Waals surface area contributed by atoms with Gasteiger partial charge in [-0.3, -0.25) is 20.2 Å². The van der Waals surface area contributed by atoms with Gasteiger partial charge in [0.15, 0.2) is 0 Å². The summed E-state index contributed by atoms with van der Waals surface area (Å²) in [7, 11) is 0. The lowest BCUT2D eigenvalue weighted by molar-refractivity contribution is -0.385. The molecule has 0 aliphatic rings. The third-order valence-corrected chi connectivity index (χ3v) is 3.26. The molecule has 0 amide bonds. The van der Waals surface area contributed by atoms with Crippen LogP contribution in [0.15, 0.2) is 36.4 Å². The van der Waals surface area contributed by atoms with Crippen molar-refractivity contribution >= 4 is 34.6 Å². The number of benzene rings is 2. The Hall–Kier alpha value is -2.18. The molecule has 0 heterocycles. The topological polar surface area (TPSA) is 86.3 Å². The fraction of sp³-hybridized carbons (Fsp3) is 0. The van der Waals surface area contributed by atoms with Crippen molar-refractivity contribution < 1.29 is 9.85 Å². The van der Waals surface area contributed by atoms with E-state index in [1.54, 1.807) is 0 Å². The van der Waals surface area contributed by atoms with Crippen molar-refractivity contribution in [1.82, 2.24) is 0 Å². The Morgan fingerprint density at radius 2 is 1.50 bits per heavy atom. The van der Waals surface area contributed by atoms with Crippen molar-refractivity contribution in [2.24, 2.45) is 0 Å². The van der Waals surface area contributed by atoms with E-state index in [0.717, 1.165) is 0 Å². The first-order valence-electron chi connectivity index (χ1n) is 5.28. The molecule has 0 saturated heterocycles. The van der Waals surface area contributed by atoms with E-state index in [1.807, 2.05) is 0 Å². The first kappa shape index (κ1) is 14.2. The summed E-state index contributed by atoms with van der Waals surface area (Å²) in [5, 5.41) is 21.8. The van der Waals surface area contributed by atoms with E-state index in [4.69, 9.17) is 23.2 Å². The van der Waals surface area contributed by atoms with Crippen molar-refractivity contribution in [2.75, 3.05) is 0 Å². The van der Waals surface area contributed by atoms with Crippen LogP contribution in [0.4, 0.5) is 11.4 Å². The zero-order chi connectivity index (χ0) is 14.9. The maximum Gasteiger partial charge on any atom is 0.288 e. The minimum atomic E-state index is -0.628. The van der Waals surface area contributed by atoms with Crippen LogP contribution in [0, 0.1) is 20.2 Å². The lowest BCUT2D eigenvalue weighted by atomic mass is 10.0. The summed E-state index contributed by atoms with van der Waals surface area (Å²) in [6, 6.07) is 7.98. The molecule has 0 aromatic heterocycles. The average molecular weight is 313 g/mol. The molecule has 0 N–H and O–H groups in total. The number of hydrogen-bond donors (Lipinski definition) is 0. The summed E-state index contributed by atoms with van der Waals surface area (Å²) in [6.45, 7) is 0. The van der Waals surface area contributed by atoms with Crippen LogP contribution in [-0.2, 0) is 0 Å². The van der Waals surface area contributed by atoms with Crippen LogP contribution in [0.1, 0.15) is 0 Å². The van der Waals surface area contributed by atoms with Gasteiger partial charge in [0.05, 0.1) is 9.85 Å². The molecule has 0 saturated carbocycles. The van der Waals surface area contributed by atoms with Gasteiger partial charge in [-0.25, -0.2) is 0 Å². The Kier molecular flexibility index (Phi) is 3.87. The summed E-state index contributed by atoms with van der Waals surface area (Å²) in [5.74, 6) is 0. The standard InChI is InChI=1S/C12H6Cl2N2O4/c13-10-4-2-8(15(17)18)6-9(10)7-1-3-11(14)12(5-7)16(19)20/h1-6H. The molecule has 6 nitrogen and oxygen atoms in total. The average Bonchev–Trinajstić information content (AvgIpc) is 2.39. The lowest BCUT2D eigenvalue weighted by Crippen LogP contribution is -1.92. The molecule has 2 aromatic carbocycles. The molecular weight excluding hydrogens is 307 g/mol. The van der Waals surface area contributed by atoms with Gasteiger partial charge in [-0.1, -0.05) is 29.3 Å². The van der Waals surface area contributed by atoms with Crippen LogP contribution in [0.3, 0.4) is 0 Å². The van der Waals surface area contributed by atoms with Crippen molar-refractivity contribution in [3.05, 3.63) is 66.7 Å². The summed E-state index contributed by atoms with van der Waals surface area (Å²) in [4.78, 5) is 20.4. The molecule has 0 bridgehead atoms. The van der Waals surface area contributed by atoms with Gasteiger partial charge in [0.1, 0.15) is 5.02 Å². The molecule has 2 aromatic rings. The Morgan fingerprint density at radius 3 is 2.10 bits per heavy atom. The highest BCUT2D eigenvalue weighted by atomic mass is 35.5. The van der Waals surface area contributed by atoms with Gasteiger partial charge < -0.3 is 0 Å². The molecule has 0 aliphatic heterocycles. The predicted octanol–water partition coefficient (Wildman–Crippen LogP) is 4.48. The monoisotopic (exact) mass is 312 g/mol. The van der Waals surface area contributed by atoms with Crippen molar-refractivity contribution in [2.45, 2.75) is 0 Å². The molecule has 8 heteroatoms. The molecule has 2 rings (SSSR count). The first-order chi connectivity index (χ1) is 9.40. The highest BCUT2D eigenvalue weighted by molar-refractivity contribution is 6.34. The second-order valence-corrected chi connectivity index (χ2v) is 4.66. The Morgan fingerprint density at radius 1 is 0.850 bits per heavy atom. The van der Waals surface area contributed by atoms with Crippen molar-refractivity contribution in [3.63, 3.8) is 0 Å². The first-order valence-corrected chi connectivity index (χ1v) is 6.04. The minimum Gasteiger partial charge on any atom is -0.258 e. The molecule has 0 radical (unpaired) electrons. The van der Waals surface area contributed by atoms with E-state index in [2.05, 4.69) is 0 Å². The van der Waals surface area contributed by atoms with Gasteiger partial charge in [0, 0.05) is 28.8 Å². The number of nitrogens with zero attached hydrogens (tertiary/aromatic N) is 2. The minimum absolute atomic E-state index is 0.0136. The number of halogens is 2.